The Kier molecular flexibility index (Phi) is 8.79. The molecule has 69 heavy (non-hydrogen) atoms. The van der Waals surface area contributed by atoms with E-state index < -0.39 is 0 Å². The molecule has 0 N–H and O–H groups in total. The predicted octanol–water partition coefficient (Wildman–Crippen LogP) is 16.3. The molecule has 6 heteroatoms. The van der Waals surface area contributed by atoms with Crippen LogP contribution in [-0.2, 0) is 0 Å². The monoisotopic (exact) mass is 881 g/mol. The molecule has 4 heterocycles. The molecular formula is C63H39N5O. The second kappa shape index (κ2) is 15.6. The van der Waals surface area contributed by atoms with Crippen molar-refractivity contribution in [2.75, 3.05) is 0 Å². The van der Waals surface area contributed by atoms with Crippen LogP contribution in [-0.4, -0.2) is 24.1 Å². The molecule has 0 bridgehead atoms. The zero-order valence-corrected chi connectivity index (χ0v) is 37.2. The lowest BCUT2D eigenvalue weighted by molar-refractivity contribution is 0.673. The summed E-state index contributed by atoms with van der Waals surface area (Å²) in [5.74, 6) is 1.84. The van der Waals surface area contributed by atoms with Crippen LogP contribution in [0.2, 0.25) is 0 Å². The van der Waals surface area contributed by atoms with E-state index in [1.807, 2.05) is 36.4 Å². The van der Waals surface area contributed by atoms with Crippen molar-refractivity contribution in [1.29, 1.82) is 0 Å². The number of rotatable bonds is 7. The molecule has 14 aromatic rings. The van der Waals surface area contributed by atoms with Crippen LogP contribution < -0.4 is 0 Å². The van der Waals surface area contributed by atoms with Crippen molar-refractivity contribution in [1.82, 2.24) is 24.1 Å². The van der Waals surface area contributed by atoms with Crippen molar-refractivity contribution >= 4 is 65.6 Å². The highest BCUT2D eigenvalue weighted by Gasteiger charge is 2.24. The SMILES string of the molecule is c1ccc(-c2cccc(-c3nc(-c4ccccc4)nc(-c4ccc(-n5c6ccccc6c6ccc7c8ccc9c%10ccccc%10n(-c%10ccccc%10-c%10ccccc%10)c9c8oc7c65)cc4)n3)c2)cc1. The van der Waals surface area contributed by atoms with E-state index in [2.05, 4.69) is 209 Å². The largest absolute Gasteiger partial charge is 0.452 e. The van der Waals surface area contributed by atoms with E-state index >= 15 is 0 Å². The topological polar surface area (TPSA) is 61.7 Å². The Bertz CT molecular complexity index is 4280. The van der Waals surface area contributed by atoms with Crippen molar-refractivity contribution in [2.45, 2.75) is 0 Å². The van der Waals surface area contributed by atoms with Gasteiger partial charge in [-0.1, -0.05) is 176 Å². The predicted molar refractivity (Wildman–Crippen MR) is 283 cm³/mol. The van der Waals surface area contributed by atoms with Crippen molar-refractivity contribution in [3.05, 3.63) is 237 Å². The third kappa shape index (κ3) is 6.23. The third-order valence-electron chi connectivity index (χ3n) is 13.6. The minimum atomic E-state index is 0.602. The van der Waals surface area contributed by atoms with Crippen LogP contribution >= 0.6 is 0 Å². The van der Waals surface area contributed by atoms with E-state index in [1.165, 1.54) is 5.39 Å². The fourth-order valence-corrected chi connectivity index (χ4v) is 10.4. The Morgan fingerprint density at radius 2 is 0.739 bits per heavy atom. The van der Waals surface area contributed by atoms with Gasteiger partial charge in [-0.15, -0.1) is 0 Å². The maximum Gasteiger partial charge on any atom is 0.164 e. The number of furan rings is 1. The Labute approximate surface area is 396 Å². The molecule has 0 radical (unpaired) electrons. The van der Waals surface area contributed by atoms with Crippen molar-refractivity contribution in [3.8, 4) is 67.8 Å². The molecule has 10 aromatic carbocycles. The molecule has 4 aromatic heterocycles. The zero-order chi connectivity index (χ0) is 45.4. The molecule has 0 aliphatic heterocycles. The Morgan fingerprint density at radius 3 is 1.38 bits per heavy atom. The van der Waals surface area contributed by atoms with Crippen LogP contribution in [0.25, 0.3) is 133 Å². The zero-order valence-electron chi connectivity index (χ0n) is 37.2. The molecule has 0 aliphatic rings. The lowest BCUT2D eigenvalue weighted by atomic mass is 10.0. The van der Waals surface area contributed by atoms with Gasteiger partial charge in [0, 0.05) is 60.3 Å². The Morgan fingerprint density at radius 1 is 0.290 bits per heavy atom. The maximum atomic E-state index is 7.38. The summed E-state index contributed by atoms with van der Waals surface area (Å²) < 4.78 is 12.1. The first-order valence-electron chi connectivity index (χ1n) is 23.3. The second-order valence-electron chi connectivity index (χ2n) is 17.5. The summed E-state index contributed by atoms with van der Waals surface area (Å²) in [6.45, 7) is 0. The van der Waals surface area contributed by atoms with E-state index in [1.54, 1.807) is 0 Å². The minimum Gasteiger partial charge on any atom is -0.452 e. The fraction of sp³-hybridized carbons (Fsp3) is 0. The first kappa shape index (κ1) is 38.8. The highest BCUT2D eigenvalue weighted by atomic mass is 16.3. The summed E-state index contributed by atoms with van der Waals surface area (Å²) in [6.07, 6.45) is 0. The van der Waals surface area contributed by atoms with E-state index in [-0.39, 0.29) is 0 Å². The van der Waals surface area contributed by atoms with Gasteiger partial charge < -0.3 is 13.6 Å². The van der Waals surface area contributed by atoms with E-state index in [0.717, 1.165) is 110 Å². The van der Waals surface area contributed by atoms with Crippen molar-refractivity contribution in [2.24, 2.45) is 0 Å². The summed E-state index contributed by atoms with van der Waals surface area (Å²) in [7, 11) is 0. The Balaban J connectivity index is 0.960. The summed E-state index contributed by atoms with van der Waals surface area (Å²) in [4.78, 5) is 15.3. The summed E-state index contributed by atoms with van der Waals surface area (Å²) in [5, 5.41) is 6.74. The van der Waals surface area contributed by atoms with Gasteiger partial charge in [0.25, 0.3) is 0 Å². The number of para-hydroxylation sites is 3. The van der Waals surface area contributed by atoms with Gasteiger partial charge in [0.2, 0.25) is 0 Å². The van der Waals surface area contributed by atoms with Crippen LogP contribution in [0, 0.1) is 0 Å². The molecule has 0 spiro atoms. The molecule has 6 nitrogen and oxygen atoms in total. The lowest BCUT2D eigenvalue weighted by Crippen LogP contribution is -2.00. The average Bonchev–Trinajstić information content (AvgIpc) is 4.10. The number of hydrogen-bond donors (Lipinski definition) is 0. The number of fused-ring (bicyclic) bond motifs is 11. The molecule has 0 unspecified atom stereocenters. The normalized spacial score (nSPS) is 11.8. The smallest absolute Gasteiger partial charge is 0.164 e. The quantitative estimate of drug-likeness (QED) is 0.160. The molecule has 0 amide bonds. The van der Waals surface area contributed by atoms with Crippen LogP contribution in [0.15, 0.2) is 241 Å². The van der Waals surface area contributed by atoms with Gasteiger partial charge in [-0.25, -0.2) is 15.0 Å². The van der Waals surface area contributed by atoms with Gasteiger partial charge in [-0.2, -0.15) is 0 Å². The second-order valence-corrected chi connectivity index (χ2v) is 17.5. The standard InChI is InChI=1S/C63H39N5O/c1-4-17-40(18-5-1)44-23-16-24-45(39-44)63-65-61(42-21-8-3-9-22-42)64-62(66-63)43-31-33-46(34-32-43)67-55-29-14-11-26-48(55)50-35-37-52-53-38-36-51-49-27-12-15-30-56(49)68(58(51)60(53)69-59(52)57(50)67)54-28-13-10-25-47(54)41-19-6-2-7-20-41/h1-39H. The molecule has 0 atom stereocenters. The molecule has 0 saturated heterocycles. The third-order valence-corrected chi connectivity index (χ3v) is 13.6. The molecule has 0 saturated carbocycles. The van der Waals surface area contributed by atoms with Gasteiger partial charge in [-0.05, 0) is 77.4 Å². The van der Waals surface area contributed by atoms with Crippen molar-refractivity contribution < 1.29 is 4.42 Å². The summed E-state index contributed by atoms with van der Waals surface area (Å²) in [6, 6.07) is 83.1. The molecule has 14 rings (SSSR count). The van der Waals surface area contributed by atoms with E-state index in [4.69, 9.17) is 19.4 Å². The van der Waals surface area contributed by atoms with Gasteiger partial charge in [-0.3, -0.25) is 0 Å². The highest BCUT2D eigenvalue weighted by Crippen LogP contribution is 2.45. The molecule has 0 aliphatic carbocycles. The van der Waals surface area contributed by atoms with E-state index in [0.29, 0.717) is 17.5 Å². The first-order chi connectivity index (χ1) is 34.2. The molecule has 322 valence electrons. The fourth-order valence-electron chi connectivity index (χ4n) is 10.4. The first-order valence-corrected chi connectivity index (χ1v) is 23.3. The number of benzene rings is 10. The minimum absolute atomic E-state index is 0.602. The van der Waals surface area contributed by atoms with Gasteiger partial charge in [0.1, 0.15) is 0 Å². The van der Waals surface area contributed by atoms with Crippen LogP contribution in [0.4, 0.5) is 0 Å². The maximum absolute atomic E-state index is 7.38. The van der Waals surface area contributed by atoms with Gasteiger partial charge in [0.05, 0.1) is 27.8 Å². The summed E-state index contributed by atoms with van der Waals surface area (Å²) in [5.41, 5.74) is 15.4. The lowest BCUT2D eigenvalue weighted by Gasteiger charge is -2.14. The molecular weight excluding hydrogens is 843 g/mol. The molecule has 0 fully saturated rings. The van der Waals surface area contributed by atoms with Crippen molar-refractivity contribution in [3.63, 3.8) is 0 Å². The number of hydrogen-bond acceptors (Lipinski definition) is 4. The Hall–Kier alpha value is -9.39. The number of aromatic nitrogens is 5. The van der Waals surface area contributed by atoms with Gasteiger partial charge >= 0.3 is 0 Å². The highest BCUT2D eigenvalue weighted by molar-refractivity contribution is 6.26. The van der Waals surface area contributed by atoms with Gasteiger partial charge in [0.15, 0.2) is 28.6 Å². The van der Waals surface area contributed by atoms with Crippen LogP contribution in [0.1, 0.15) is 0 Å². The summed E-state index contributed by atoms with van der Waals surface area (Å²) >= 11 is 0. The van der Waals surface area contributed by atoms with Crippen LogP contribution in [0.3, 0.4) is 0 Å². The van der Waals surface area contributed by atoms with E-state index in [9.17, 15) is 0 Å². The number of nitrogens with zero attached hydrogens (tertiary/aromatic N) is 5. The average molecular weight is 882 g/mol. The van der Waals surface area contributed by atoms with Crippen LogP contribution in [0.5, 0.6) is 0 Å².